The van der Waals surface area contributed by atoms with Gasteiger partial charge in [0, 0.05) is 60.1 Å². The van der Waals surface area contributed by atoms with Gasteiger partial charge in [-0.3, -0.25) is 4.98 Å². The summed E-state index contributed by atoms with van der Waals surface area (Å²) < 4.78 is 2.42. The van der Waals surface area contributed by atoms with Gasteiger partial charge < -0.3 is 9.47 Å². The van der Waals surface area contributed by atoms with Crippen LogP contribution in [0.2, 0.25) is 0 Å². The standard InChI is InChI=1S/C25H25N3/c1-17-8-9-24-21(12-17)23-16-27(3)11-10-25(23)28(24)15-18(2)22-14-26-13-19-6-4-5-7-20(19)22/h4-9,12-15H,10-11,16H2,1-3H3. The molecule has 0 amide bonds. The first-order chi connectivity index (χ1) is 13.6. The molecule has 1 aliphatic rings. The maximum atomic E-state index is 4.48. The molecule has 3 heteroatoms. The molecule has 28 heavy (non-hydrogen) atoms. The number of rotatable bonds is 2. The van der Waals surface area contributed by atoms with E-state index in [1.807, 2.05) is 12.4 Å². The Morgan fingerprint density at radius 1 is 1.07 bits per heavy atom. The third-order valence-electron chi connectivity index (χ3n) is 5.95. The summed E-state index contributed by atoms with van der Waals surface area (Å²) >= 11 is 0. The fourth-order valence-electron chi connectivity index (χ4n) is 4.48. The van der Waals surface area contributed by atoms with Crippen molar-refractivity contribution >= 4 is 33.4 Å². The summed E-state index contributed by atoms with van der Waals surface area (Å²) in [6.45, 7) is 6.50. The Bertz CT molecular complexity index is 1220. The molecule has 0 aliphatic carbocycles. The second-order valence-corrected chi connectivity index (χ2v) is 8.02. The van der Waals surface area contributed by atoms with E-state index in [0.29, 0.717) is 0 Å². The second-order valence-electron chi connectivity index (χ2n) is 8.02. The fourth-order valence-corrected chi connectivity index (χ4v) is 4.48. The van der Waals surface area contributed by atoms with Crippen molar-refractivity contribution in [2.45, 2.75) is 26.8 Å². The van der Waals surface area contributed by atoms with Crippen molar-refractivity contribution in [1.29, 1.82) is 0 Å². The summed E-state index contributed by atoms with van der Waals surface area (Å²) in [5.41, 5.74) is 7.99. The highest BCUT2D eigenvalue weighted by Gasteiger charge is 2.22. The van der Waals surface area contributed by atoms with Gasteiger partial charge in [-0.15, -0.1) is 0 Å². The van der Waals surface area contributed by atoms with E-state index in [1.165, 1.54) is 49.6 Å². The summed E-state index contributed by atoms with van der Waals surface area (Å²) in [7, 11) is 2.21. The van der Waals surface area contributed by atoms with Crippen molar-refractivity contribution in [2.24, 2.45) is 0 Å². The lowest BCUT2D eigenvalue weighted by atomic mass is 10.0. The maximum absolute atomic E-state index is 4.48. The molecule has 0 N–H and O–H groups in total. The molecule has 3 heterocycles. The molecule has 0 atom stereocenters. The molecule has 0 unspecified atom stereocenters. The minimum Gasteiger partial charge on any atom is -0.320 e. The smallest absolute Gasteiger partial charge is 0.0529 e. The van der Waals surface area contributed by atoms with Crippen LogP contribution in [0.5, 0.6) is 0 Å². The number of aryl methyl sites for hydroxylation is 1. The van der Waals surface area contributed by atoms with Crippen LogP contribution in [-0.2, 0) is 13.0 Å². The van der Waals surface area contributed by atoms with E-state index in [4.69, 9.17) is 0 Å². The summed E-state index contributed by atoms with van der Waals surface area (Å²) in [5.74, 6) is 0. The van der Waals surface area contributed by atoms with Crippen LogP contribution in [0.1, 0.15) is 29.3 Å². The molecule has 2 aromatic heterocycles. The van der Waals surface area contributed by atoms with Gasteiger partial charge in [-0.05, 0) is 49.6 Å². The summed E-state index contributed by atoms with van der Waals surface area (Å²) in [5, 5.41) is 3.83. The van der Waals surface area contributed by atoms with Crippen molar-refractivity contribution in [3.8, 4) is 0 Å². The highest BCUT2D eigenvalue weighted by Crippen LogP contribution is 2.33. The SMILES string of the molecule is CC(=Cn1c2c(c3cc(C)ccc31)CN(C)CC2)c1cncc2ccccc12. The Labute approximate surface area is 165 Å². The van der Waals surface area contributed by atoms with Gasteiger partial charge >= 0.3 is 0 Å². The zero-order valence-corrected chi connectivity index (χ0v) is 16.7. The number of pyridine rings is 1. The van der Waals surface area contributed by atoms with E-state index in [2.05, 4.69) is 84.0 Å². The van der Waals surface area contributed by atoms with Crippen LogP contribution in [0.4, 0.5) is 0 Å². The molecule has 3 nitrogen and oxygen atoms in total. The topological polar surface area (TPSA) is 21.1 Å². The van der Waals surface area contributed by atoms with Gasteiger partial charge in [0.25, 0.3) is 0 Å². The molecule has 4 aromatic rings. The Morgan fingerprint density at radius 2 is 1.93 bits per heavy atom. The van der Waals surface area contributed by atoms with Gasteiger partial charge in [-0.1, -0.05) is 35.9 Å². The number of hydrogen-bond acceptors (Lipinski definition) is 2. The number of fused-ring (bicyclic) bond motifs is 4. The summed E-state index contributed by atoms with van der Waals surface area (Å²) in [6.07, 6.45) is 7.32. The Balaban J connectivity index is 1.73. The van der Waals surface area contributed by atoms with Crippen LogP contribution in [0.25, 0.3) is 33.4 Å². The van der Waals surface area contributed by atoms with E-state index in [0.717, 1.165) is 19.5 Å². The number of likely N-dealkylation sites (N-methyl/N-ethyl adjacent to an activating group) is 1. The van der Waals surface area contributed by atoms with Crippen LogP contribution in [0, 0.1) is 6.92 Å². The average molecular weight is 367 g/mol. The van der Waals surface area contributed by atoms with Crippen molar-refractivity contribution in [2.75, 3.05) is 13.6 Å². The van der Waals surface area contributed by atoms with Gasteiger partial charge in [0.2, 0.25) is 0 Å². The van der Waals surface area contributed by atoms with E-state index in [-0.39, 0.29) is 0 Å². The molecule has 0 saturated heterocycles. The normalized spacial score (nSPS) is 15.3. The zero-order chi connectivity index (χ0) is 19.3. The minimum absolute atomic E-state index is 1.02. The summed E-state index contributed by atoms with van der Waals surface area (Å²) in [6, 6.07) is 15.3. The number of hydrogen-bond donors (Lipinski definition) is 0. The third-order valence-corrected chi connectivity index (χ3v) is 5.95. The van der Waals surface area contributed by atoms with Crippen LogP contribution in [-0.4, -0.2) is 28.0 Å². The largest absolute Gasteiger partial charge is 0.320 e. The number of benzene rings is 2. The van der Waals surface area contributed by atoms with Crippen molar-refractivity contribution in [3.05, 3.63) is 77.2 Å². The van der Waals surface area contributed by atoms with Crippen LogP contribution in [0.15, 0.2) is 54.9 Å². The van der Waals surface area contributed by atoms with Crippen molar-refractivity contribution in [3.63, 3.8) is 0 Å². The number of allylic oxidation sites excluding steroid dienone is 1. The monoisotopic (exact) mass is 367 g/mol. The average Bonchev–Trinajstić information content (AvgIpc) is 2.99. The van der Waals surface area contributed by atoms with Crippen LogP contribution in [0.3, 0.4) is 0 Å². The first-order valence-electron chi connectivity index (χ1n) is 9.94. The lowest BCUT2D eigenvalue weighted by Gasteiger charge is -2.23. The lowest BCUT2D eigenvalue weighted by molar-refractivity contribution is 0.312. The maximum Gasteiger partial charge on any atom is 0.0529 e. The van der Waals surface area contributed by atoms with Crippen LogP contribution >= 0.6 is 0 Å². The van der Waals surface area contributed by atoms with E-state index in [1.54, 1.807) is 0 Å². The minimum atomic E-state index is 1.02. The second kappa shape index (κ2) is 6.61. The van der Waals surface area contributed by atoms with Gasteiger partial charge in [0.05, 0.1) is 5.52 Å². The van der Waals surface area contributed by atoms with Gasteiger partial charge in [-0.2, -0.15) is 0 Å². The third kappa shape index (κ3) is 2.74. The molecular formula is C25H25N3. The molecule has 0 fully saturated rings. The molecular weight excluding hydrogens is 342 g/mol. The molecule has 0 bridgehead atoms. The van der Waals surface area contributed by atoms with Crippen molar-refractivity contribution in [1.82, 2.24) is 14.5 Å². The highest BCUT2D eigenvalue weighted by atomic mass is 15.1. The van der Waals surface area contributed by atoms with E-state index < -0.39 is 0 Å². The number of aromatic nitrogens is 2. The Morgan fingerprint density at radius 3 is 2.82 bits per heavy atom. The van der Waals surface area contributed by atoms with Gasteiger partial charge in [0.15, 0.2) is 0 Å². The van der Waals surface area contributed by atoms with Gasteiger partial charge in [-0.25, -0.2) is 0 Å². The van der Waals surface area contributed by atoms with Crippen LogP contribution < -0.4 is 0 Å². The molecule has 0 spiro atoms. The zero-order valence-electron chi connectivity index (χ0n) is 16.7. The lowest BCUT2D eigenvalue weighted by Crippen LogP contribution is -2.26. The first-order valence-corrected chi connectivity index (χ1v) is 9.94. The predicted octanol–water partition coefficient (Wildman–Crippen LogP) is 5.50. The van der Waals surface area contributed by atoms with Gasteiger partial charge in [0.1, 0.15) is 0 Å². The predicted molar refractivity (Wildman–Crippen MR) is 118 cm³/mol. The molecule has 0 radical (unpaired) electrons. The highest BCUT2D eigenvalue weighted by molar-refractivity contribution is 5.96. The molecule has 2 aromatic carbocycles. The Kier molecular flexibility index (Phi) is 4.06. The fraction of sp³-hybridized carbons (Fsp3) is 0.240. The first kappa shape index (κ1) is 17.2. The van der Waals surface area contributed by atoms with E-state index in [9.17, 15) is 0 Å². The quantitative estimate of drug-likeness (QED) is 0.466. The molecule has 1 aliphatic heterocycles. The molecule has 5 rings (SSSR count). The Hall–Kier alpha value is -2.91. The molecule has 0 saturated carbocycles. The van der Waals surface area contributed by atoms with Crippen molar-refractivity contribution < 1.29 is 0 Å². The summed E-state index contributed by atoms with van der Waals surface area (Å²) in [4.78, 5) is 6.89. The molecule has 140 valence electrons. The van der Waals surface area contributed by atoms with E-state index >= 15 is 0 Å². The number of nitrogens with zero attached hydrogens (tertiary/aromatic N) is 3.